The molecule has 64 valence electrons. The van der Waals surface area contributed by atoms with E-state index in [1.807, 2.05) is 6.92 Å². The van der Waals surface area contributed by atoms with Gasteiger partial charge in [0, 0.05) is 6.42 Å². The fourth-order valence-electron chi connectivity index (χ4n) is 1.31. The highest BCUT2D eigenvalue weighted by atomic mass is 16.6. The minimum atomic E-state index is -0.714. The minimum absolute atomic E-state index is 0.192. The summed E-state index contributed by atoms with van der Waals surface area (Å²) in [4.78, 5) is 10.5. The smallest absolute Gasteiger partial charge is 0.220 e. The van der Waals surface area contributed by atoms with E-state index < -0.39 is 6.29 Å². The van der Waals surface area contributed by atoms with Crippen molar-refractivity contribution in [1.82, 2.24) is 0 Å². The molecule has 0 aromatic rings. The highest BCUT2D eigenvalue weighted by Crippen LogP contribution is 2.26. The molecule has 0 aromatic carbocycles. The highest BCUT2D eigenvalue weighted by molar-refractivity contribution is 5.74. The third-order valence-corrected chi connectivity index (χ3v) is 1.94. The number of amides is 1. The number of nitrogens with two attached hydrogens (primary N) is 1. The third-order valence-electron chi connectivity index (χ3n) is 1.94. The first kappa shape index (κ1) is 8.49. The summed E-state index contributed by atoms with van der Waals surface area (Å²) in [5, 5.41) is 9.01. The van der Waals surface area contributed by atoms with E-state index in [2.05, 4.69) is 0 Å². The first-order chi connectivity index (χ1) is 5.09. The lowest BCUT2D eigenvalue weighted by Gasteiger charge is -2.11. The van der Waals surface area contributed by atoms with E-state index in [1.165, 1.54) is 0 Å². The monoisotopic (exact) mass is 159 g/mol. The lowest BCUT2D eigenvalue weighted by atomic mass is 10.0. The van der Waals surface area contributed by atoms with Gasteiger partial charge in [-0.05, 0) is 5.92 Å². The molecule has 1 fully saturated rings. The van der Waals surface area contributed by atoms with E-state index in [9.17, 15) is 4.79 Å². The van der Waals surface area contributed by atoms with Crippen molar-refractivity contribution in [2.24, 2.45) is 11.7 Å². The van der Waals surface area contributed by atoms with Gasteiger partial charge in [-0.2, -0.15) is 0 Å². The number of ether oxygens (including phenoxy) is 1. The average Bonchev–Trinajstić information content (AvgIpc) is 2.09. The van der Waals surface area contributed by atoms with Crippen LogP contribution in [0.5, 0.6) is 0 Å². The molecular formula is C7H13NO3. The zero-order valence-corrected chi connectivity index (χ0v) is 6.49. The second-order valence-electron chi connectivity index (χ2n) is 3.01. The van der Waals surface area contributed by atoms with Gasteiger partial charge in [-0.15, -0.1) is 0 Å². The largest absolute Gasteiger partial charge is 0.370 e. The quantitative estimate of drug-likeness (QED) is 0.576. The Morgan fingerprint density at radius 1 is 1.82 bits per heavy atom. The number of rotatable bonds is 2. The molecule has 3 atom stereocenters. The molecule has 1 unspecified atom stereocenters. The Bertz CT molecular complexity index is 160. The maximum atomic E-state index is 10.5. The van der Waals surface area contributed by atoms with E-state index in [0.29, 0.717) is 6.42 Å². The van der Waals surface area contributed by atoms with Gasteiger partial charge in [0.05, 0.1) is 12.5 Å². The predicted octanol–water partition coefficient (Wildman–Crippen LogP) is -0.395. The third kappa shape index (κ3) is 2.17. The summed E-state index contributed by atoms with van der Waals surface area (Å²) in [7, 11) is 0. The van der Waals surface area contributed by atoms with Gasteiger partial charge in [0.1, 0.15) is 0 Å². The number of aliphatic hydroxyl groups excluding tert-OH is 1. The first-order valence-electron chi connectivity index (χ1n) is 3.71. The number of aliphatic hydroxyl groups is 1. The van der Waals surface area contributed by atoms with Crippen molar-refractivity contribution < 1.29 is 14.6 Å². The Hall–Kier alpha value is -0.610. The topological polar surface area (TPSA) is 72.6 Å². The SMILES string of the molecule is C[C@@H]1CC(O)O[C@H]1CC(N)=O. The van der Waals surface area contributed by atoms with E-state index in [-0.39, 0.29) is 24.3 Å². The van der Waals surface area contributed by atoms with Crippen molar-refractivity contribution in [2.45, 2.75) is 32.2 Å². The zero-order valence-electron chi connectivity index (χ0n) is 6.49. The van der Waals surface area contributed by atoms with Crippen LogP contribution in [0.3, 0.4) is 0 Å². The molecule has 1 amide bonds. The van der Waals surface area contributed by atoms with Crippen LogP contribution in [-0.2, 0) is 9.53 Å². The summed E-state index contributed by atoms with van der Waals surface area (Å²) >= 11 is 0. The van der Waals surface area contributed by atoms with Crippen LogP contribution in [0.15, 0.2) is 0 Å². The molecule has 0 spiro atoms. The second-order valence-corrected chi connectivity index (χ2v) is 3.01. The molecule has 1 aliphatic rings. The molecule has 3 N–H and O–H groups in total. The summed E-state index contributed by atoms with van der Waals surface area (Å²) in [5.41, 5.74) is 4.98. The van der Waals surface area contributed by atoms with Gasteiger partial charge in [-0.1, -0.05) is 6.92 Å². The van der Waals surface area contributed by atoms with Gasteiger partial charge < -0.3 is 15.6 Å². The molecule has 0 aliphatic carbocycles. The second kappa shape index (κ2) is 3.19. The van der Waals surface area contributed by atoms with Crippen molar-refractivity contribution in [3.05, 3.63) is 0 Å². The molecule has 0 radical (unpaired) electrons. The van der Waals surface area contributed by atoms with Crippen molar-refractivity contribution in [3.63, 3.8) is 0 Å². The van der Waals surface area contributed by atoms with Crippen LogP contribution < -0.4 is 5.73 Å². The Morgan fingerprint density at radius 2 is 2.45 bits per heavy atom. The Labute approximate surface area is 65.3 Å². The van der Waals surface area contributed by atoms with Crippen molar-refractivity contribution >= 4 is 5.91 Å². The zero-order chi connectivity index (χ0) is 8.43. The van der Waals surface area contributed by atoms with Crippen LogP contribution in [0.2, 0.25) is 0 Å². The molecular weight excluding hydrogens is 146 g/mol. The van der Waals surface area contributed by atoms with E-state index in [0.717, 1.165) is 0 Å². The Kier molecular flexibility index (Phi) is 2.46. The molecule has 4 nitrogen and oxygen atoms in total. The summed E-state index contributed by atoms with van der Waals surface area (Å²) in [5.74, 6) is -0.159. The van der Waals surface area contributed by atoms with Crippen molar-refractivity contribution in [2.75, 3.05) is 0 Å². The molecule has 1 heterocycles. The van der Waals surface area contributed by atoms with Crippen LogP contribution in [0.25, 0.3) is 0 Å². The molecule has 4 heteroatoms. The number of primary amides is 1. The lowest BCUT2D eigenvalue weighted by molar-refractivity contribution is -0.126. The summed E-state index contributed by atoms with van der Waals surface area (Å²) in [6.45, 7) is 1.93. The standard InChI is InChI=1S/C7H13NO3/c1-4-2-7(10)11-5(4)3-6(8)9/h4-5,7,10H,2-3H2,1H3,(H2,8,9)/t4-,5+,7?/m1/s1. The van der Waals surface area contributed by atoms with Gasteiger partial charge in [0.25, 0.3) is 0 Å². The predicted molar refractivity (Wildman–Crippen MR) is 38.5 cm³/mol. The van der Waals surface area contributed by atoms with E-state index >= 15 is 0 Å². The van der Waals surface area contributed by atoms with Crippen LogP contribution in [0.1, 0.15) is 19.8 Å². The fourth-order valence-corrected chi connectivity index (χ4v) is 1.31. The van der Waals surface area contributed by atoms with E-state index in [4.69, 9.17) is 15.6 Å². The Balaban J connectivity index is 2.40. The van der Waals surface area contributed by atoms with E-state index in [1.54, 1.807) is 0 Å². The van der Waals surface area contributed by atoms with Crippen molar-refractivity contribution in [3.8, 4) is 0 Å². The number of carbonyl (C=O) groups is 1. The molecule has 0 bridgehead atoms. The van der Waals surface area contributed by atoms with Gasteiger partial charge in [-0.25, -0.2) is 0 Å². The van der Waals surface area contributed by atoms with Gasteiger partial charge >= 0.3 is 0 Å². The molecule has 1 aliphatic heterocycles. The lowest BCUT2D eigenvalue weighted by Crippen LogP contribution is -2.23. The molecule has 11 heavy (non-hydrogen) atoms. The average molecular weight is 159 g/mol. The number of hydrogen-bond acceptors (Lipinski definition) is 3. The van der Waals surface area contributed by atoms with Gasteiger partial charge in [0.2, 0.25) is 5.91 Å². The van der Waals surface area contributed by atoms with Crippen LogP contribution in [0.4, 0.5) is 0 Å². The van der Waals surface area contributed by atoms with Gasteiger partial charge in [-0.3, -0.25) is 4.79 Å². The summed E-state index contributed by atoms with van der Waals surface area (Å²) in [6.07, 6.45) is -0.104. The first-order valence-corrected chi connectivity index (χ1v) is 3.71. The molecule has 1 rings (SSSR count). The molecule has 0 saturated carbocycles. The maximum Gasteiger partial charge on any atom is 0.220 e. The number of hydrogen-bond donors (Lipinski definition) is 2. The van der Waals surface area contributed by atoms with Crippen LogP contribution in [0, 0.1) is 5.92 Å². The van der Waals surface area contributed by atoms with Crippen LogP contribution >= 0.6 is 0 Å². The minimum Gasteiger partial charge on any atom is -0.370 e. The molecule has 0 aromatic heterocycles. The normalized spacial score (nSPS) is 37.5. The maximum absolute atomic E-state index is 10.5. The molecule has 1 saturated heterocycles. The fraction of sp³-hybridized carbons (Fsp3) is 0.857. The summed E-state index contributed by atoms with van der Waals surface area (Å²) < 4.78 is 5.04. The Morgan fingerprint density at radius 3 is 2.82 bits per heavy atom. The summed E-state index contributed by atoms with van der Waals surface area (Å²) in [6, 6.07) is 0. The van der Waals surface area contributed by atoms with Crippen LogP contribution in [-0.4, -0.2) is 23.4 Å². The van der Waals surface area contributed by atoms with Gasteiger partial charge in [0.15, 0.2) is 6.29 Å². The van der Waals surface area contributed by atoms with Crippen molar-refractivity contribution in [1.29, 1.82) is 0 Å². The number of carbonyl (C=O) groups excluding carboxylic acids is 1. The highest BCUT2D eigenvalue weighted by Gasteiger charge is 2.31.